The molecule has 3 nitrogen and oxygen atoms in total. The standard InChI is InChI=1S/C8H12N2O/c1-3-7(11)8-9-4-6(2)5-10-8/h4-5,7,11H,3H2,1-2H3/t7-/m1/s1. The molecular formula is C8H12N2O. The number of nitrogens with zero attached hydrogens (tertiary/aromatic N) is 2. The smallest absolute Gasteiger partial charge is 0.156 e. The average molecular weight is 152 g/mol. The van der Waals surface area contributed by atoms with Gasteiger partial charge in [-0.3, -0.25) is 0 Å². The van der Waals surface area contributed by atoms with Crippen molar-refractivity contribution >= 4 is 0 Å². The summed E-state index contributed by atoms with van der Waals surface area (Å²) in [4.78, 5) is 7.98. The lowest BCUT2D eigenvalue weighted by molar-refractivity contribution is 0.163. The lowest BCUT2D eigenvalue weighted by Crippen LogP contribution is -2.01. The first-order valence-corrected chi connectivity index (χ1v) is 3.70. The molecule has 0 unspecified atom stereocenters. The Labute approximate surface area is 66.1 Å². The van der Waals surface area contributed by atoms with Crippen LogP contribution >= 0.6 is 0 Å². The normalized spacial score (nSPS) is 13.0. The van der Waals surface area contributed by atoms with Crippen LogP contribution in [-0.2, 0) is 0 Å². The third kappa shape index (κ3) is 1.98. The molecule has 0 radical (unpaired) electrons. The fourth-order valence-electron chi connectivity index (χ4n) is 0.757. The van der Waals surface area contributed by atoms with E-state index in [1.54, 1.807) is 12.4 Å². The minimum absolute atomic E-state index is 0.512. The summed E-state index contributed by atoms with van der Waals surface area (Å²) in [5.41, 5.74) is 1.01. The van der Waals surface area contributed by atoms with Crippen LogP contribution in [0, 0.1) is 6.92 Å². The second-order valence-corrected chi connectivity index (χ2v) is 2.54. The Morgan fingerprint density at radius 3 is 2.45 bits per heavy atom. The van der Waals surface area contributed by atoms with Crippen molar-refractivity contribution in [3.8, 4) is 0 Å². The third-order valence-corrected chi connectivity index (χ3v) is 1.49. The summed E-state index contributed by atoms with van der Waals surface area (Å²) in [5.74, 6) is 0.512. The van der Waals surface area contributed by atoms with E-state index in [4.69, 9.17) is 0 Å². The first-order chi connectivity index (χ1) is 5.24. The highest BCUT2D eigenvalue weighted by Crippen LogP contribution is 2.09. The lowest BCUT2D eigenvalue weighted by atomic mass is 10.2. The molecule has 1 aromatic heterocycles. The van der Waals surface area contributed by atoms with Crippen LogP contribution in [0.5, 0.6) is 0 Å². The molecule has 0 aliphatic carbocycles. The van der Waals surface area contributed by atoms with Gasteiger partial charge in [0.05, 0.1) is 0 Å². The molecule has 0 fully saturated rings. The summed E-state index contributed by atoms with van der Waals surface area (Å²) in [6.45, 7) is 3.82. The number of aromatic nitrogens is 2. The van der Waals surface area contributed by atoms with Gasteiger partial charge in [0.15, 0.2) is 5.82 Å². The Balaban J connectivity index is 2.81. The Bertz CT molecular complexity index is 220. The van der Waals surface area contributed by atoms with Gasteiger partial charge < -0.3 is 5.11 Å². The third-order valence-electron chi connectivity index (χ3n) is 1.49. The van der Waals surface area contributed by atoms with Gasteiger partial charge in [-0.25, -0.2) is 9.97 Å². The van der Waals surface area contributed by atoms with E-state index in [1.165, 1.54) is 0 Å². The van der Waals surface area contributed by atoms with Gasteiger partial charge in [0, 0.05) is 12.4 Å². The van der Waals surface area contributed by atoms with Crippen molar-refractivity contribution in [2.45, 2.75) is 26.4 Å². The van der Waals surface area contributed by atoms with E-state index in [0.29, 0.717) is 12.2 Å². The van der Waals surface area contributed by atoms with E-state index in [2.05, 4.69) is 9.97 Å². The average Bonchev–Trinajstić information content (AvgIpc) is 2.05. The fourth-order valence-corrected chi connectivity index (χ4v) is 0.757. The van der Waals surface area contributed by atoms with Crippen molar-refractivity contribution in [3.63, 3.8) is 0 Å². The van der Waals surface area contributed by atoms with E-state index in [1.807, 2.05) is 13.8 Å². The molecule has 0 aromatic carbocycles. The van der Waals surface area contributed by atoms with Crippen LogP contribution in [0.2, 0.25) is 0 Å². The molecule has 60 valence electrons. The minimum Gasteiger partial charge on any atom is -0.385 e. The summed E-state index contributed by atoms with van der Waals surface area (Å²) < 4.78 is 0. The molecule has 3 heteroatoms. The molecule has 1 heterocycles. The topological polar surface area (TPSA) is 46.0 Å². The zero-order valence-electron chi connectivity index (χ0n) is 6.78. The first kappa shape index (κ1) is 8.14. The van der Waals surface area contributed by atoms with Gasteiger partial charge in [0.2, 0.25) is 0 Å². The Morgan fingerprint density at radius 1 is 1.45 bits per heavy atom. The summed E-state index contributed by atoms with van der Waals surface area (Å²) in [5, 5.41) is 9.30. The van der Waals surface area contributed by atoms with Crippen molar-refractivity contribution in [1.29, 1.82) is 0 Å². The minimum atomic E-state index is -0.518. The first-order valence-electron chi connectivity index (χ1n) is 3.70. The highest BCUT2D eigenvalue weighted by molar-refractivity contribution is 5.03. The van der Waals surface area contributed by atoms with Gasteiger partial charge in [-0.1, -0.05) is 6.92 Å². The van der Waals surface area contributed by atoms with Gasteiger partial charge in [-0.2, -0.15) is 0 Å². The highest BCUT2D eigenvalue weighted by Gasteiger charge is 2.05. The quantitative estimate of drug-likeness (QED) is 0.693. The van der Waals surface area contributed by atoms with Crippen molar-refractivity contribution in [3.05, 3.63) is 23.8 Å². The summed E-state index contributed by atoms with van der Waals surface area (Å²) in [7, 11) is 0. The monoisotopic (exact) mass is 152 g/mol. The zero-order valence-corrected chi connectivity index (χ0v) is 6.78. The van der Waals surface area contributed by atoms with E-state index in [-0.39, 0.29) is 0 Å². The number of aliphatic hydroxyl groups is 1. The largest absolute Gasteiger partial charge is 0.385 e. The van der Waals surface area contributed by atoms with Crippen molar-refractivity contribution in [2.24, 2.45) is 0 Å². The number of aryl methyl sites for hydroxylation is 1. The van der Waals surface area contributed by atoms with E-state index in [0.717, 1.165) is 5.56 Å². The molecule has 0 aliphatic rings. The van der Waals surface area contributed by atoms with E-state index in [9.17, 15) is 5.11 Å². The molecule has 0 saturated heterocycles. The molecule has 1 atom stereocenters. The highest BCUT2D eigenvalue weighted by atomic mass is 16.3. The lowest BCUT2D eigenvalue weighted by Gasteiger charge is -2.04. The van der Waals surface area contributed by atoms with Gasteiger partial charge in [-0.05, 0) is 18.9 Å². The molecule has 0 spiro atoms. The predicted octanol–water partition coefficient (Wildman–Crippen LogP) is 1.23. The van der Waals surface area contributed by atoms with Crippen LogP contribution in [0.4, 0.5) is 0 Å². The number of hydrogen-bond donors (Lipinski definition) is 1. The van der Waals surface area contributed by atoms with Crippen LogP contribution in [0.15, 0.2) is 12.4 Å². The molecule has 1 N–H and O–H groups in total. The summed E-state index contributed by atoms with van der Waals surface area (Å²) >= 11 is 0. The molecule has 0 amide bonds. The molecule has 11 heavy (non-hydrogen) atoms. The second kappa shape index (κ2) is 3.44. The fraction of sp³-hybridized carbons (Fsp3) is 0.500. The molecule has 1 aromatic rings. The van der Waals surface area contributed by atoms with Gasteiger partial charge in [0.25, 0.3) is 0 Å². The number of rotatable bonds is 2. The maximum Gasteiger partial charge on any atom is 0.156 e. The SMILES string of the molecule is CC[C@@H](O)c1ncc(C)cn1. The van der Waals surface area contributed by atoms with Crippen LogP contribution in [0.25, 0.3) is 0 Å². The summed E-state index contributed by atoms with van der Waals surface area (Å²) in [6.07, 6.45) is 3.56. The van der Waals surface area contributed by atoms with E-state index < -0.39 is 6.10 Å². The maximum absolute atomic E-state index is 9.30. The van der Waals surface area contributed by atoms with Crippen molar-refractivity contribution < 1.29 is 5.11 Å². The van der Waals surface area contributed by atoms with Gasteiger partial charge in [-0.15, -0.1) is 0 Å². The predicted molar refractivity (Wildman–Crippen MR) is 42.0 cm³/mol. The molecule has 1 rings (SSSR count). The number of hydrogen-bond acceptors (Lipinski definition) is 3. The zero-order chi connectivity index (χ0) is 8.27. The second-order valence-electron chi connectivity index (χ2n) is 2.54. The molecule has 0 bridgehead atoms. The maximum atomic E-state index is 9.30. The van der Waals surface area contributed by atoms with E-state index >= 15 is 0 Å². The Hall–Kier alpha value is -0.960. The van der Waals surface area contributed by atoms with Gasteiger partial charge in [0.1, 0.15) is 6.10 Å². The van der Waals surface area contributed by atoms with Crippen LogP contribution < -0.4 is 0 Å². The summed E-state index contributed by atoms with van der Waals surface area (Å²) in [6, 6.07) is 0. The molecule has 0 aliphatic heterocycles. The Kier molecular flexibility index (Phi) is 2.54. The van der Waals surface area contributed by atoms with Gasteiger partial charge >= 0.3 is 0 Å². The van der Waals surface area contributed by atoms with Crippen molar-refractivity contribution in [2.75, 3.05) is 0 Å². The number of aliphatic hydroxyl groups excluding tert-OH is 1. The van der Waals surface area contributed by atoms with Crippen LogP contribution in [-0.4, -0.2) is 15.1 Å². The Morgan fingerprint density at radius 2 is 2.00 bits per heavy atom. The molecular weight excluding hydrogens is 140 g/mol. The van der Waals surface area contributed by atoms with Crippen LogP contribution in [0.3, 0.4) is 0 Å². The molecule has 0 saturated carbocycles. The van der Waals surface area contributed by atoms with Crippen molar-refractivity contribution in [1.82, 2.24) is 9.97 Å². The van der Waals surface area contributed by atoms with Crippen LogP contribution in [0.1, 0.15) is 30.8 Å².